The number of rotatable bonds is 4. The van der Waals surface area contributed by atoms with Crippen molar-refractivity contribution in [2.45, 2.75) is 61.6 Å². The Morgan fingerprint density at radius 3 is 2.75 bits per heavy atom. The van der Waals surface area contributed by atoms with Crippen molar-refractivity contribution in [3.05, 3.63) is 29.3 Å². The summed E-state index contributed by atoms with van der Waals surface area (Å²) >= 11 is 0. The summed E-state index contributed by atoms with van der Waals surface area (Å²) in [5.74, 6) is 0. The van der Waals surface area contributed by atoms with E-state index in [-0.39, 0.29) is 11.3 Å². The minimum Gasteiger partial charge on any atom is -0.313 e. The van der Waals surface area contributed by atoms with E-state index in [4.69, 9.17) is 0 Å². The van der Waals surface area contributed by atoms with E-state index in [1.54, 1.807) is 0 Å². The van der Waals surface area contributed by atoms with Crippen LogP contribution < -0.4 is 5.32 Å². The molecule has 0 amide bonds. The Kier molecular flexibility index (Phi) is 3.87. The highest BCUT2D eigenvalue weighted by atomic mass is 32.2. The standard InChI is InChI=1S/C16H23NO2S/c1-2-17-15-7-4-8-16(15)20(18,19)14-10-9-12-5-3-6-13(12)11-14/h9-11,15-17H,2-8H2,1H3. The first-order valence-corrected chi connectivity index (χ1v) is 9.26. The van der Waals surface area contributed by atoms with Gasteiger partial charge < -0.3 is 5.32 Å². The molecule has 2 aliphatic rings. The normalized spacial score (nSPS) is 25.9. The van der Waals surface area contributed by atoms with Crippen LogP contribution in [0.2, 0.25) is 0 Å². The van der Waals surface area contributed by atoms with Crippen molar-refractivity contribution in [2.24, 2.45) is 0 Å². The molecule has 1 aromatic rings. The van der Waals surface area contributed by atoms with Gasteiger partial charge in [0, 0.05) is 6.04 Å². The molecule has 0 radical (unpaired) electrons. The van der Waals surface area contributed by atoms with E-state index in [2.05, 4.69) is 5.32 Å². The Hall–Kier alpha value is -0.870. The van der Waals surface area contributed by atoms with E-state index in [0.717, 1.165) is 45.1 Å². The van der Waals surface area contributed by atoms with Crippen LogP contribution in [0, 0.1) is 0 Å². The zero-order valence-electron chi connectivity index (χ0n) is 12.1. The van der Waals surface area contributed by atoms with Gasteiger partial charge in [-0.2, -0.15) is 0 Å². The predicted octanol–water partition coefficient (Wildman–Crippen LogP) is 2.48. The zero-order chi connectivity index (χ0) is 14.2. The first-order chi connectivity index (χ1) is 9.63. The zero-order valence-corrected chi connectivity index (χ0v) is 12.9. The summed E-state index contributed by atoms with van der Waals surface area (Å²) in [5, 5.41) is 3.10. The molecule has 2 unspecified atom stereocenters. The van der Waals surface area contributed by atoms with E-state index < -0.39 is 9.84 Å². The van der Waals surface area contributed by atoms with Gasteiger partial charge >= 0.3 is 0 Å². The van der Waals surface area contributed by atoms with E-state index >= 15 is 0 Å². The van der Waals surface area contributed by atoms with Crippen molar-refractivity contribution >= 4 is 9.84 Å². The fraction of sp³-hybridized carbons (Fsp3) is 0.625. The quantitative estimate of drug-likeness (QED) is 0.927. The molecule has 0 aromatic heterocycles. The highest BCUT2D eigenvalue weighted by Gasteiger charge is 2.38. The third kappa shape index (κ3) is 2.40. The summed E-state index contributed by atoms with van der Waals surface area (Å²) in [7, 11) is -3.19. The van der Waals surface area contributed by atoms with Crippen LogP contribution in [0.4, 0.5) is 0 Å². The molecular formula is C16H23NO2S. The van der Waals surface area contributed by atoms with Crippen LogP contribution in [0.15, 0.2) is 23.1 Å². The number of hydrogen-bond donors (Lipinski definition) is 1. The summed E-state index contributed by atoms with van der Waals surface area (Å²) in [6, 6.07) is 5.89. The Balaban J connectivity index is 1.91. The fourth-order valence-corrected chi connectivity index (χ4v) is 5.75. The van der Waals surface area contributed by atoms with Crippen molar-refractivity contribution in [3.63, 3.8) is 0 Å². The topological polar surface area (TPSA) is 46.2 Å². The summed E-state index contributed by atoms with van der Waals surface area (Å²) in [6.07, 6.45) is 6.05. The van der Waals surface area contributed by atoms with Gasteiger partial charge in [0.05, 0.1) is 10.1 Å². The molecule has 3 nitrogen and oxygen atoms in total. The van der Waals surface area contributed by atoms with Crippen molar-refractivity contribution in [1.82, 2.24) is 5.32 Å². The molecule has 0 saturated heterocycles. The molecule has 1 saturated carbocycles. The largest absolute Gasteiger partial charge is 0.313 e. The highest BCUT2D eigenvalue weighted by Crippen LogP contribution is 2.32. The molecule has 0 aliphatic heterocycles. The van der Waals surface area contributed by atoms with Crippen molar-refractivity contribution in [3.8, 4) is 0 Å². The Morgan fingerprint density at radius 1 is 1.15 bits per heavy atom. The van der Waals surface area contributed by atoms with Crippen LogP contribution >= 0.6 is 0 Å². The first-order valence-electron chi connectivity index (χ1n) is 7.72. The summed E-state index contributed by atoms with van der Waals surface area (Å²) in [5.41, 5.74) is 2.57. The molecule has 0 bridgehead atoms. The van der Waals surface area contributed by atoms with Gasteiger partial charge in [0.15, 0.2) is 9.84 Å². The molecule has 3 rings (SSSR count). The molecule has 0 heterocycles. The number of fused-ring (bicyclic) bond motifs is 1. The molecule has 0 spiro atoms. The van der Waals surface area contributed by atoms with Gasteiger partial charge in [0.1, 0.15) is 0 Å². The predicted molar refractivity (Wildman–Crippen MR) is 80.8 cm³/mol. The van der Waals surface area contributed by atoms with Gasteiger partial charge in [0.2, 0.25) is 0 Å². The Morgan fingerprint density at radius 2 is 1.95 bits per heavy atom. The smallest absolute Gasteiger partial charge is 0.182 e. The van der Waals surface area contributed by atoms with Gasteiger partial charge in [-0.05, 0) is 61.9 Å². The lowest BCUT2D eigenvalue weighted by atomic mass is 10.1. The molecule has 110 valence electrons. The monoisotopic (exact) mass is 293 g/mol. The molecule has 1 fully saturated rings. The van der Waals surface area contributed by atoms with Gasteiger partial charge in [-0.25, -0.2) is 8.42 Å². The van der Waals surface area contributed by atoms with Gasteiger partial charge in [-0.3, -0.25) is 0 Å². The van der Waals surface area contributed by atoms with Crippen LogP contribution in [-0.2, 0) is 22.7 Å². The van der Waals surface area contributed by atoms with Crippen molar-refractivity contribution < 1.29 is 8.42 Å². The second-order valence-electron chi connectivity index (χ2n) is 5.96. The van der Waals surface area contributed by atoms with Gasteiger partial charge in [-0.15, -0.1) is 0 Å². The molecule has 4 heteroatoms. The second kappa shape index (κ2) is 5.49. The number of hydrogen-bond acceptors (Lipinski definition) is 3. The first kappa shape index (κ1) is 14.1. The van der Waals surface area contributed by atoms with E-state index in [1.165, 1.54) is 11.1 Å². The Bertz CT molecular complexity index is 594. The number of benzene rings is 1. The lowest BCUT2D eigenvalue weighted by Gasteiger charge is -2.21. The van der Waals surface area contributed by atoms with Crippen LogP contribution in [0.25, 0.3) is 0 Å². The molecular weight excluding hydrogens is 270 g/mol. The van der Waals surface area contributed by atoms with Crippen molar-refractivity contribution in [2.75, 3.05) is 6.54 Å². The number of aryl methyl sites for hydroxylation is 2. The second-order valence-corrected chi connectivity index (χ2v) is 8.13. The summed E-state index contributed by atoms with van der Waals surface area (Å²) < 4.78 is 25.8. The maximum Gasteiger partial charge on any atom is 0.182 e. The minimum absolute atomic E-state index is 0.123. The number of sulfone groups is 1. The SMILES string of the molecule is CCNC1CCCC1S(=O)(=O)c1ccc2c(c1)CCC2. The van der Waals surface area contributed by atoms with E-state index in [1.807, 2.05) is 25.1 Å². The van der Waals surface area contributed by atoms with Crippen LogP contribution in [0.1, 0.15) is 43.7 Å². The molecule has 20 heavy (non-hydrogen) atoms. The van der Waals surface area contributed by atoms with Gasteiger partial charge in [0.25, 0.3) is 0 Å². The third-order valence-corrected chi connectivity index (χ3v) is 6.99. The molecule has 1 N–H and O–H groups in total. The average molecular weight is 293 g/mol. The lowest BCUT2D eigenvalue weighted by Crippen LogP contribution is -2.40. The summed E-state index contributed by atoms with van der Waals surface area (Å²) in [4.78, 5) is 0.535. The molecule has 2 aliphatic carbocycles. The van der Waals surface area contributed by atoms with E-state index in [9.17, 15) is 8.42 Å². The molecule has 2 atom stereocenters. The van der Waals surface area contributed by atoms with Gasteiger partial charge in [-0.1, -0.05) is 19.4 Å². The third-order valence-electron chi connectivity index (χ3n) is 4.72. The minimum atomic E-state index is -3.19. The highest BCUT2D eigenvalue weighted by molar-refractivity contribution is 7.92. The fourth-order valence-electron chi connectivity index (χ4n) is 3.69. The van der Waals surface area contributed by atoms with Crippen LogP contribution in [0.5, 0.6) is 0 Å². The van der Waals surface area contributed by atoms with Crippen LogP contribution in [0.3, 0.4) is 0 Å². The number of nitrogens with one attached hydrogen (secondary N) is 1. The average Bonchev–Trinajstić information content (AvgIpc) is 3.06. The Labute approximate surface area is 121 Å². The summed E-state index contributed by atoms with van der Waals surface area (Å²) in [6.45, 7) is 2.87. The van der Waals surface area contributed by atoms with Crippen molar-refractivity contribution in [1.29, 1.82) is 0 Å². The lowest BCUT2D eigenvalue weighted by molar-refractivity contribution is 0.517. The van der Waals surface area contributed by atoms with Crippen LogP contribution in [-0.4, -0.2) is 26.3 Å². The maximum absolute atomic E-state index is 12.9. The molecule has 1 aromatic carbocycles. The maximum atomic E-state index is 12.9. The van der Waals surface area contributed by atoms with E-state index in [0.29, 0.717) is 4.90 Å².